The largest absolute Gasteiger partial charge is 0.467 e. The molecule has 0 saturated carbocycles. The van der Waals surface area contributed by atoms with Crippen LogP contribution >= 0.6 is 0 Å². The van der Waals surface area contributed by atoms with Crippen molar-refractivity contribution < 1.29 is 23.9 Å². The zero-order valence-corrected chi connectivity index (χ0v) is 19.1. The lowest BCUT2D eigenvalue weighted by molar-refractivity contribution is -0.145. The molecule has 2 aromatic carbocycles. The van der Waals surface area contributed by atoms with E-state index < -0.39 is 12.0 Å². The third-order valence-corrected chi connectivity index (χ3v) is 4.71. The molecule has 2 unspecified atom stereocenters. The van der Waals surface area contributed by atoms with E-state index in [1.807, 2.05) is 51.1 Å². The van der Waals surface area contributed by atoms with Gasteiger partial charge in [-0.15, -0.1) is 0 Å². The normalized spacial score (nSPS) is 12.5. The number of rotatable bonds is 11. The van der Waals surface area contributed by atoms with Gasteiger partial charge in [0.25, 0.3) is 0 Å². The molecule has 0 saturated heterocycles. The molecule has 2 atom stereocenters. The molecule has 0 aliphatic rings. The zero-order chi connectivity index (χ0) is 23.5. The van der Waals surface area contributed by atoms with Crippen LogP contribution in [0, 0.1) is 11.8 Å². The Bertz CT molecular complexity index is 881. The van der Waals surface area contributed by atoms with E-state index in [9.17, 15) is 14.4 Å². The number of benzene rings is 2. The molecule has 0 fully saturated rings. The summed E-state index contributed by atoms with van der Waals surface area (Å²) in [6.07, 6.45) is 0.822. The Labute approximate surface area is 189 Å². The minimum atomic E-state index is -0.676. The molecule has 7 nitrogen and oxygen atoms in total. The Morgan fingerprint density at radius 2 is 1.44 bits per heavy atom. The molecule has 7 heteroatoms. The molecular formula is C25H32N2O5. The quantitative estimate of drug-likeness (QED) is 0.501. The third kappa shape index (κ3) is 8.79. The topological polar surface area (TPSA) is 93.7 Å². The molecule has 0 aliphatic heterocycles. The standard InChI is InChI=1S/C25H32N2O5/c1-17(2)14-22(25(30)31-4)27-24(29)16-18(3)15-23(28)26-19-10-12-21(13-11-19)32-20-8-6-5-7-9-20/h5-13,17-18,22H,14-16H2,1-4H3,(H,26,28)(H,27,29). The average Bonchev–Trinajstić information content (AvgIpc) is 2.74. The van der Waals surface area contributed by atoms with E-state index in [1.54, 1.807) is 24.3 Å². The molecular weight excluding hydrogens is 408 g/mol. The highest BCUT2D eigenvalue weighted by Gasteiger charge is 2.23. The van der Waals surface area contributed by atoms with Crippen molar-refractivity contribution >= 4 is 23.5 Å². The fourth-order valence-electron chi connectivity index (χ4n) is 3.23. The number of methoxy groups -OCH3 is 1. The summed E-state index contributed by atoms with van der Waals surface area (Å²) in [6, 6.07) is 15.8. The van der Waals surface area contributed by atoms with E-state index in [4.69, 9.17) is 9.47 Å². The van der Waals surface area contributed by atoms with Crippen molar-refractivity contribution in [1.82, 2.24) is 5.32 Å². The number of carbonyl (C=O) groups is 3. The van der Waals surface area contributed by atoms with Crippen LogP contribution in [0.1, 0.15) is 40.0 Å². The highest BCUT2D eigenvalue weighted by molar-refractivity contribution is 5.91. The number of nitrogens with one attached hydrogen (secondary N) is 2. The molecule has 0 spiro atoms. The van der Waals surface area contributed by atoms with Crippen LogP contribution in [0.25, 0.3) is 0 Å². The smallest absolute Gasteiger partial charge is 0.328 e. The first kappa shape index (κ1) is 24.9. The number of anilines is 1. The molecule has 2 aromatic rings. The van der Waals surface area contributed by atoms with Gasteiger partial charge in [-0.25, -0.2) is 4.79 Å². The Morgan fingerprint density at radius 3 is 2.03 bits per heavy atom. The molecule has 0 radical (unpaired) electrons. The van der Waals surface area contributed by atoms with Crippen molar-refractivity contribution in [2.45, 2.75) is 46.1 Å². The molecule has 2 rings (SSSR count). The van der Waals surface area contributed by atoms with Gasteiger partial charge in [0.05, 0.1) is 7.11 Å². The van der Waals surface area contributed by atoms with E-state index in [0.717, 1.165) is 5.75 Å². The maximum atomic E-state index is 12.4. The summed E-state index contributed by atoms with van der Waals surface area (Å²) in [7, 11) is 1.30. The van der Waals surface area contributed by atoms with Gasteiger partial charge in [-0.1, -0.05) is 39.0 Å². The van der Waals surface area contributed by atoms with Crippen LogP contribution in [0.4, 0.5) is 5.69 Å². The van der Waals surface area contributed by atoms with Gasteiger partial charge in [0.1, 0.15) is 17.5 Å². The molecule has 0 bridgehead atoms. The number of para-hydroxylation sites is 1. The summed E-state index contributed by atoms with van der Waals surface area (Å²) >= 11 is 0. The second-order valence-electron chi connectivity index (χ2n) is 8.27. The minimum Gasteiger partial charge on any atom is -0.467 e. The van der Waals surface area contributed by atoms with Crippen molar-refractivity contribution in [2.75, 3.05) is 12.4 Å². The van der Waals surface area contributed by atoms with E-state index >= 15 is 0 Å². The maximum Gasteiger partial charge on any atom is 0.328 e. The van der Waals surface area contributed by atoms with Crippen molar-refractivity contribution in [3.8, 4) is 11.5 Å². The molecule has 0 heterocycles. The second kappa shape index (κ2) is 12.5. The van der Waals surface area contributed by atoms with Gasteiger partial charge in [0, 0.05) is 18.5 Å². The van der Waals surface area contributed by atoms with Crippen LogP contribution < -0.4 is 15.4 Å². The van der Waals surface area contributed by atoms with Gasteiger partial charge >= 0.3 is 5.97 Å². The van der Waals surface area contributed by atoms with Crippen LogP contribution in [-0.4, -0.2) is 30.9 Å². The van der Waals surface area contributed by atoms with Gasteiger partial charge < -0.3 is 20.1 Å². The Balaban J connectivity index is 1.80. The van der Waals surface area contributed by atoms with Crippen molar-refractivity contribution in [3.63, 3.8) is 0 Å². The minimum absolute atomic E-state index is 0.142. The van der Waals surface area contributed by atoms with Gasteiger partial charge in [-0.05, 0) is 54.7 Å². The lowest BCUT2D eigenvalue weighted by Gasteiger charge is -2.19. The highest BCUT2D eigenvalue weighted by atomic mass is 16.5. The summed E-state index contributed by atoms with van der Waals surface area (Å²) < 4.78 is 10.5. The summed E-state index contributed by atoms with van der Waals surface area (Å²) in [6.45, 7) is 5.76. The Hall–Kier alpha value is -3.35. The number of carbonyl (C=O) groups excluding carboxylic acids is 3. The summed E-state index contributed by atoms with van der Waals surface area (Å²) in [5.41, 5.74) is 0.648. The van der Waals surface area contributed by atoms with Crippen molar-refractivity contribution in [3.05, 3.63) is 54.6 Å². The first-order chi connectivity index (χ1) is 15.3. The number of hydrogen-bond donors (Lipinski definition) is 2. The number of esters is 1. The van der Waals surface area contributed by atoms with Crippen LogP contribution in [0.2, 0.25) is 0 Å². The van der Waals surface area contributed by atoms with E-state index in [1.165, 1.54) is 7.11 Å². The number of ether oxygens (including phenoxy) is 2. The predicted octanol–water partition coefficient (Wildman–Crippen LogP) is 4.54. The van der Waals surface area contributed by atoms with Crippen LogP contribution in [0.3, 0.4) is 0 Å². The van der Waals surface area contributed by atoms with Gasteiger partial charge in [-0.2, -0.15) is 0 Å². The Morgan fingerprint density at radius 1 is 0.844 bits per heavy atom. The van der Waals surface area contributed by atoms with Crippen LogP contribution in [0.15, 0.2) is 54.6 Å². The lowest BCUT2D eigenvalue weighted by atomic mass is 10.0. The monoisotopic (exact) mass is 440 g/mol. The molecule has 0 aromatic heterocycles. The average molecular weight is 441 g/mol. The first-order valence-electron chi connectivity index (χ1n) is 10.8. The van der Waals surface area contributed by atoms with E-state index in [0.29, 0.717) is 17.9 Å². The fraction of sp³-hybridized carbons (Fsp3) is 0.400. The molecule has 0 aliphatic carbocycles. The zero-order valence-electron chi connectivity index (χ0n) is 19.1. The molecule has 172 valence electrons. The summed E-state index contributed by atoms with van der Waals surface area (Å²) in [5.74, 6) is 0.523. The fourth-order valence-corrected chi connectivity index (χ4v) is 3.23. The number of hydrogen-bond acceptors (Lipinski definition) is 5. The Kier molecular flexibility index (Phi) is 9.73. The second-order valence-corrected chi connectivity index (χ2v) is 8.27. The third-order valence-electron chi connectivity index (χ3n) is 4.71. The van der Waals surface area contributed by atoms with Crippen LogP contribution in [-0.2, 0) is 19.1 Å². The van der Waals surface area contributed by atoms with Crippen molar-refractivity contribution in [2.24, 2.45) is 11.8 Å². The molecule has 2 amide bonds. The maximum absolute atomic E-state index is 12.4. The SMILES string of the molecule is COC(=O)C(CC(C)C)NC(=O)CC(C)CC(=O)Nc1ccc(Oc2ccccc2)cc1. The summed E-state index contributed by atoms with van der Waals surface area (Å²) in [5, 5.41) is 5.55. The molecule has 2 N–H and O–H groups in total. The van der Waals surface area contributed by atoms with Gasteiger partial charge in [-0.3, -0.25) is 9.59 Å². The van der Waals surface area contributed by atoms with E-state index in [2.05, 4.69) is 10.6 Å². The summed E-state index contributed by atoms with van der Waals surface area (Å²) in [4.78, 5) is 36.5. The van der Waals surface area contributed by atoms with Gasteiger partial charge in [0.2, 0.25) is 11.8 Å². The van der Waals surface area contributed by atoms with Gasteiger partial charge in [0.15, 0.2) is 0 Å². The predicted molar refractivity (Wildman–Crippen MR) is 123 cm³/mol. The van der Waals surface area contributed by atoms with Crippen LogP contribution in [0.5, 0.6) is 11.5 Å². The first-order valence-corrected chi connectivity index (χ1v) is 10.8. The van der Waals surface area contributed by atoms with E-state index in [-0.39, 0.29) is 36.5 Å². The lowest BCUT2D eigenvalue weighted by Crippen LogP contribution is -2.42. The highest BCUT2D eigenvalue weighted by Crippen LogP contribution is 2.23. The molecule has 32 heavy (non-hydrogen) atoms. The number of amides is 2. The van der Waals surface area contributed by atoms with Crippen molar-refractivity contribution in [1.29, 1.82) is 0 Å².